The second-order valence-electron chi connectivity index (χ2n) is 9.12. The zero-order valence-corrected chi connectivity index (χ0v) is 19.8. The number of para-hydroxylation sites is 1. The predicted molar refractivity (Wildman–Crippen MR) is 132 cm³/mol. The first kappa shape index (κ1) is 24.1. The molecule has 3 atom stereocenters. The lowest BCUT2D eigenvalue weighted by atomic mass is 9.97. The minimum Gasteiger partial charge on any atom is -0.390 e. The maximum Gasteiger partial charge on any atom is 0.272 e. The van der Waals surface area contributed by atoms with E-state index in [4.69, 9.17) is 9.73 Å². The van der Waals surface area contributed by atoms with Crippen LogP contribution in [0.15, 0.2) is 59.6 Å². The van der Waals surface area contributed by atoms with Crippen LogP contribution in [-0.4, -0.2) is 54.7 Å². The summed E-state index contributed by atoms with van der Waals surface area (Å²) in [6.45, 7) is 1.74. The largest absolute Gasteiger partial charge is 0.390 e. The summed E-state index contributed by atoms with van der Waals surface area (Å²) in [5, 5.41) is 13.3. The Hall–Kier alpha value is -3.03. The second-order valence-corrected chi connectivity index (χ2v) is 9.12. The van der Waals surface area contributed by atoms with Crippen molar-refractivity contribution in [2.24, 2.45) is 10.9 Å². The molecule has 2 aliphatic rings. The van der Waals surface area contributed by atoms with Crippen LogP contribution in [0, 0.1) is 5.92 Å². The zero-order chi connectivity index (χ0) is 24.1. The van der Waals surface area contributed by atoms with E-state index in [2.05, 4.69) is 5.32 Å². The van der Waals surface area contributed by atoms with Gasteiger partial charge in [-0.1, -0.05) is 74.7 Å². The summed E-state index contributed by atoms with van der Waals surface area (Å²) in [5.74, 6) is -1.52. The Labute approximate surface area is 200 Å². The number of carbonyl (C=O) groups excluding carboxylic acids is 2. The molecular weight excluding hydrogens is 430 g/mol. The van der Waals surface area contributed by atoms with Crippen molar-refractivity contribution in [1.29, 1.82) is 0 Å². The molecule has 1 fully saturated rings. The number of hydrogen-bond donors (Lipinski definition) is 2. The molecule has 1 heterocycles. The van der Waals surface area contributed by atoms with Crippen molar-refractivity contribution in [3.05, 3.63) is 65.7 Å². The van der Waals surface area contributed by atoms with Crippen LogP contribution in [0.25, 0.3) is 0 Å². The molecule has 4 rings (SSSR count). The number of nitrogens with zero attached hydrogens (tertiary/aromatic N) is 2. The fourth-order valence-corrected chi connectivity index (χ4v) is 4.49. The van der Waals surface area contributed by atoms with Crippen LogP contribution in [0.3, 0.4) is 0 Å². The molecule has 2 aromatic carbocycles. The minimum absolute atomic E-state index is 0.0990. The number of aliphatic hydroxyl groups is 1. The summed E-state index contributed by atoms with van der Waals surface area (Å²) < 4.78 is 5.85. The number of nitrogens with one attached hydrogen (secondary N) is 1. The molecule has 0 radical (unpaired) electrons. The molecule has 2 amide bonds. The lowest BCUT2D eigenvalue weighted by molar-refractivity contribution is -0.134. The Morgan fingerprint density at radius 3 is 2.53 bits per heavy atom. The van der Waals surface area contributed by atoms with Crippen molar-refractivity contribution >= 4 is 23.2 Å². The summed E-state index contributed by atoms with van der Waals surface area (Å²) in [5.41, 5.74) is 3.02. The molecule has 1 aliphatic heterocycles. The Balaban J connectivity index is 1.52. The standard InChI is InChI=1S/C27H33N3O4/c1-18(23(31)17-34-20-13-7-4-8-14-20)26(32)29-25-27(33)30(2)22-16-10-9-15-21(22)24(28-25)19-11-5-3-6-12-19/h3,5-6,9-12,15-16,18,20,23,25,31H,4,7-8,13-14,17H2,1-2H3,(H,29,32)/t18-,23+,25?/m1/s1. The number of fused-ring (bicyclic) bond motifs is 1. The van der Waals surface area contributed by atoms with Gasteiger partial charge in [-0.3, -0.25) is 9.59 Å². The average Bonchev–Trinajstić information content (AvgIpc) is 2.98. The lowest BCUT2D eigenvalue weighted by Gasteiger charge is -2.26. The van der Waals surface area contributed by atoms with E-state index >= 15 is 0 Å². The molecule has 0 saturated heterocycles. The molecule has 0 bridgehead atoms. The highest BCUT2D eigenvalue weighted by molar-refractivity contribution is 6.20. The SMILES string of the molecule is C[C@@H](C(=O)NC1N=C(c2ccccc2)c2ccccc2N(C)C1=O)[C@@H](O)COC1CCCCC1. The monoisotopic (exact) mass is 463 g/mol. The Bertz CT molecular complexity index is 1030. The van der Waals surface area contributed by atoms with Gasteiger partial charge in [-0.05, 0) is 18.9 Å². The first-order chi connectivity index (χ1) is 16.5. The van der Waals surface area contributed by atoms with Gasteiger partial charge in [0.25, 0.3) is 5.91 Å². The first-order valence-corrected chi connectivity index (χ1v) is 12.1. The van der Waals surface area contributed by atoms with Crippen LogP contribution in [0.5, 0.6) is 0 Å². The third kappa shape index (κ3) is 5.37. The van der Waals surface area contributed by atoms with E-state index in [1.165, 1.54) is 11.3 Å². The van der Waals surface area contributed by atoms with E-state index in [1.807, 2.05) is 54.6 Å². The smallest absolute Gasteiger partial charge is 0.272 e. The van der Waals surface area contributed by atoms with Crippen molar-refractivity contribution in [3.63, 3.8) is 0 Å². The number of anilines is 1. The fraction of sp³-hybridized carbons (Fsp3) is 0.444. The van der Waals surface area contributed by atoms with Crippen LogP contribution in [0.2, 0.25) is 0 Å². The molecule has 0 spiro atoms. The maximum atomic E-state index is 13.3. The Morgan fingerprint density at radius 1 is 1.12 bits per heavy atom. The fourth-order valence-electron chi connectivity index (χ4n) is 4.49. The third-order valence-electron chi connectivity index (χ3n) is 6.72. The van der Waals surface area contributed by atoms with Gasteiger partial charge in [0.1, 0.15) is 0 Å². The van der Waals surface area contributed by atoms with E-state index in [9.17, 15) is 14.7 Å². The number of amides is 2. The van der Waals surface area contributed by atoms with Crippen molar-refractivity contribution in [1.82, 2.24) is 5.32 Å². The molecule has 180 valence electrons. The molecule has 1 saturated carbocycles. The lowest BCUT2D eigenvalue weighted by Crippen LogP contribution is -2.49. The number of aliphatic imine (C=N–C) groups is 1. The molecule has 1 aliphatic carbocycles. The van der Waals surface area contributed by atoms with Crippen LogP contribution in [0.4, 0.5) is 5.69 Å². The molecule has 2 N–H and O–H groups in total. The zero-order valence-electron chi connectivity index (χ0n) is 19.8. The van der Waals surface area contributed by atoms with Gasteiger partial charge in [0.05, 0.1) is 36.1 Å². The van der Waals surface area contributed by atoms with Crippen molar-refractivity contribution in [2.75, 3.05) is 18.6 Å². The summed E-state index contributed by atoms with van der Waals surface area (Å²) >= 11 is 0. The third-order valence-corrected chi connectivity index (χ3v) is 6.72. The van der Waals surface area contributed by atoms with E-state index in [1.54, 1.807) is 14.0 Å². The number of benzene rings is 2. The molecule has 1 unspecified atom stereocenters. The first-order valence-electron chi connectivity index (χ1n) is 12.1. The van der Waals surface area contributed by atoms with Crippen molar-refractivity contribution < 1.29 is 19.4 Å². The van der Waals surface area contributed by atoms with Crippen molar-refractivity contribution in [2.45, 2.75) is 57.4 Å². The number of rotatable bonds is 7. The number of benzodiazepines with no additional fused rings is 1. The van der Waals surface area contributed by atoms with Gasteiger partial charge in [-0.25, -0.2) is 4.99 Å². The van der Waals surface area contributed by atoms with Gasteiger partial charge < -0.3 is 20.1 Å². The summed E-state index contributed by atoms with van der Waals surface area (Å²) in [7, 11) is 1.68. The number of carbonyl (C=O) groups is 2. The second kappa shape index (κ2) is 10.9. The number of likely N-dealkylation sites (N-methyl/N-ethyl adjacent to an activating group) is 1. The molecule has 0 aromatic heterocycles. The summed E-state index contributed by atoms with van der Waals surface area (Å²) in [6, 6.07) is 17.2. The Kier molecular flexibility index (Phi) is 7.75. The van der Waals surface area contributed by atoms with Crippen molar-refractivity contribution in [3.8, 4) is 0 Å². The van der Waals surface area contributed by atoms with E-state index in [-0.39, 0.29) is 18.6 Å². The number of hydrogen-bond acceptors (Lipinski definition) is 5. The molecule has 34 heavy (non-hydrogen) atoms. The van der Waals surface area contributed by atoms with Crippen LogP contribution in [-0.2, 0) is 14.3 Å². The number of ether oxygens (including phenoxy) is 1. The summed E-state index contributed by atoms with van der Waals surface area (Å²) in [6.07, 6.45) is 3.56. The molecular formula is C27H33N3O4. The predicted octanol–water partition coefficient (Wildman–Crippen LogP) is 3.29. The average molecular weight is 464 g/mol. The Morgan fingerprint density at radius 2 is 1.79 bits per heavy atom. The van der Waals surface area contributed by atoms with Gasteiger partial charge >= 0.3 is 0 Å². The van der Waals surface area contributed by atoms with E-state index < -0.39 is 24.1 Å². The van der Waals surface area contributed by atoms with Gasteiger partial charge in [0.2, 0.25) is 12.1 Å². The molecule has 2 aromatic rings. The van der Waals surface area contributed by atoms with Gasteiger partial charge in [0.15, 0.2) is 0 Å². The molecule has 7 nitrogen and oxygen atoms in total. The normalized spacial score (nSPS) is 20.7. The van der Waals surface area contributed by atoms with Gasteiger partial charge in [0, 0.05) is 18.2 Å². The quantitative estimate of drug-likeness (QED) is 0.659. The molecule has 7 heteroatoms. The topological polar surface area (TPSA) is 91.2 Å². The highest BCUT2D eigenvalue weighted by Crippen LogP contribution is 2.27. The van der Waals surface area contributed by atoms with Crippen LogP contribution in [0.1, 0.15) is 50.2 Å². The van der Waals surface area contributed by atoms with Gasteiger partial charge in [-0.2, -0.15) is 0 Å². The van der Waals surface area contributed by atoms with E-state index in [0.29, 0.717) is 5.71 Å². The number of aliphatic hydroxyl groups excluding tert-OH is 1. The van der Waals surface area contributed by atoms with Crippen LogP contribution < -0.4 is 10.2 Å². The summed E-state index contributed by atoms with van der Waals surface area (Å²) in [4.78, 5) is 32.5. The highest BCUT2D eigenvalue weighted by atomic mass is 16.5. The van der Waals surface area contributed by atoms with E-state index in [0.717, 1.165) is 42.5 Å². The maximum absolute atomic E-state index is 13.3. The highest BCUT2D eigenvalue weighted by Gasteiger charge is 2.33. The minimum atomic E-state index is -1.10. The van der Waals surface area contributed by atoms with Crippen LogP contribution >= 0.6 is 0 Å². The van der Waals surface area contributed by atoms with Gasteiger partial charge in [-0.15, -0.1) is 0 Å².